The lowest BCUT2D eigenvalue weighted by Crippen LogP contribution is -2.39. The highest BCUT2D eigenvalue weighted by atomic mass is 35.5. The van der Waals surface area contributed by atoms with E-state index in [9.17, 15) is 9.18 Å². The standard InChI is InChI=1S/C13H16FN3O.2ClH/c14-10-5-9(6-15-7-10)13(18)17-4-3-11-1-2-12(8-17)16-11;;/h5-7,11-12,16H,1-4,8H2;2*1H. The Morgan fingerprint density at radius 2 is 2.00 bits per heavy atom. The fourth-order valence-electron chi connectivity index (χ4n) is 2.84. The summed E-state index contributed by atoms with van der Waals surface area (Å²) in [6.45, 7) is 1.45. The fraction of sp³-hybridized carbons (Fsp3) is 0.538. The predicted octanol–water partition coefficient (Wildman–Crippen LogP) is 2.03. The normalized spacial score (nSPS) is 24.4. The molecule has 3 rings (SSSR count). The molecule has 2 unspecified atom stereocenters. The van der Waals surface area contributed by atoms with Crippen molar-refractivity contribution in [3.8, 4) is 0 Å². The van der Waals surface area contributed by atoms with Crippen molar-refractivity contribution in [2.75, 3.05) is 13.1 Å². The fourth-order valence-corrected chi connectivity index (χ4v) is 2.84. The zero-order valence-electron chi connectivity index (χ0n) is 10.9. The van der Waals surface area contributed by atoms with Crippen molar-refractivity contribution < 1.29 is 9.18 Å². The molecule has 2 atom stereocenters. The van der Waals surface area contributed by atoms with Gasteiger partial charge >= 0.3 is 0 Å². The summed E-state index contributed by atoms with van der Waals surface area (Å²) in [5, 5.41) is 3.52. The average molecular weight is 322 g/mol. The molecule has 0 radical (unpaired) electrons. The Labute approximate surface area is 130 Å². The SMILES string of the molecule is Cl.Cl.O=C(c1cncc(F)c1)N1CCC2CCC(C1)N2. The van der Waals surface area contributed by atoms with E-state index < -0.39 is 5.82 Å². The van der Waals surface area contributed by atoms with E-state index in [0.29, 0.717) is 24.2 Å². The van der Waals surface area contributed by atoms with Crippen LogP contribution < -0.4 is 5.32 Å². The van der Waals surface area contributed by atoms with Gasteiger partial charge < -0.3 is 10.2 Å². The molecule has 4 nitrogen and oxygen atoms in total. The maximum Gasteiger partial charge on any atom is 0.255 e. The highest BCUT2D eigenvalue weighted by molar-refractivity contribution is 5.94. The topological polar surface area (TPSA) is 45.2 Å². The van der Waals surface area contributed by atoms with E-state index in [0.717, 1.165) is 25.6 Å². The number of aromatic nitrogens is 1. The summed E-state index contributed by atoms with van der Waals surface area (Å²) < 4.78 is 13.1. The summed E-state index contributed by atoms with van der Waals surface area (Å²) in [4.78, 5) is 17.8. The van der Waals surface area contributed by atoms with Crippen molar-refractivity contribution in [2.24, 2.45) is 0 Å². The summed E-state index contributed by atoms with van der Waals surface area (Å²) in [7, 11) is 0. The molecule has 2 aliphatic rings. The smallest absolute Gasteiger partial charge is 0.255 e. The van der Waals surface area contributed by atoms with Crippen LogP contribution in [0.5, 0.6) is 0 Å². The number of carbonyl (C=O) groups is 1. The molecule has 1 N–H and O–H groups in total. The van der Waals surface area contributed by atoms with E-state index in [1.807, 2.05) is 4.90 Å². The second-order valence-electron chi connectivity index (χ2n) is 5.07. The number of nitrogens with one attached hydrogen (secondary N) is 1. The van der Waals surface area contributed by atoms with Crippen LogP contribution in [-0.4, -0.2) is 41.0 Å². The van der Waals surface area contributed by atoms with Crippen molar-refractivity contribution >= 4 is 30.7 Å². The number of hydrogen-bond donors (Lipinski definition) is 1. The first-order chi connectivity index (χ1) is 8.72. The van der Waals surface area contributed by atoms with Crippen LogP contribution in [0.4, 0.5) is 4.39 Å². The predicted molar refractivity (Wildman–Crippen MR) is 79.2 cm³/mol. The second-order valence-corrected chi connectivity index (χ2v) is 5.07. The summed E-state index contributed by atoms with van der Waals surface area (Å²) >= 11 is 0. The molecule has 1 aromatic rings. The quantitative estimate of drug-likeness (QED) is 0.860. The Balaban J connectivity index is 0.000001000. The summed E-state index contributed by atoms with van der Waals surface area (Å²) in [5.74, 6) is -0.577. The lowest BCUT2D eigenvalue weighted by Gasteiger charge is -2.24. The van der Waals surface area contributed by atoms with Crippen LogP contribution in [-0.2, 0) is 0 Å². The first-order valence-electron chi connectivity index (χ1n) is 6.38. The van der Waals surface area contributed by atoms with Crippen LogP contribution in [0.15, 0.2) is 18.5 Å². The van der Waals surface area contributed by atoms with Gasteiger partial charge in [0.1, 0.15) is 5.82 Å². The maximum absolute atomic E-state index is 13.1. The number of fused-ring (bicyclic) bond motifs is 2. The molecule has 0 saturated carbocycles. The molecule has 2 bridgehead atoms. The van der Waals surface area contributed by atoms with E-state index in [1.54, 1.807) is 0 Å². The molecule has 2 saturated heterocycles. The number of hydrogen-bond acceptors (Lipinski definition) is 3. The van der Waals surface area contributed by atoms with Gasteiger partial charge in [-0.2, -0.15) is 0 Å². The monoisotopic (exact) mass is 321 g/mol. The largest absolute Gasteiger partial charge is 0.337 e. The molecule has 0 aromatic carbocycles. The van der Waals surface area contributed by atoms with Gasteiger partial charge in [-0.25, -0.2) is 4.39 Å². The van der Waals surface area contributed by atoms with Gasteiger partial charge in [0, 0.05) is 31.4 Å². The average Bonchev–Trinajstić information content (AvgIpc) is 2.68. The van der Waals surface area contributed by atoms with Gasteiger partial charge in [0.15, 0.2) is 0 Å². The lowest BCUT2D eigenvalue weighted by molar-refractivity contribution is 0.0747. The molecule has 1 amide bonds. The van der Waals surface area contributed by atoms with Crippen molar-refractivity contribution in [1.82, 2.24) is 15.2 Å². The number of carbonyl (C=O) groups excluding carboxylic acids is 1. The molecular weight excluding hydrogens is 304 g/mol. The third kappa shape index (κ3) is 3.59. The Kier molecular flexibility index (Phi) is 6.17. The van der Waals surface area contributed by atoms with Crippen molar-refractivity contribution in [3.05, 3.63) is 29.8 Å². The van der Waals surface area contributed by atoms with Crippen LogP contribution in [0, 0.1) is 5.82 Å². The Morgan fingerprint density at radius 3 is 2.75 bits per heavy atom. The highest BCUT2D eigenvalue weighted by Crippen LogP contribution is 2.21. The minimum atomic E-state index is -0.463. The van der Waals surface area contributed by atoms with Crippen LogP contribution in [0.3, 0.4) is 0 Å². The number of pyridine rings is 1. The van der Waals surface area contributed by atoms with Crippen molar-refractivity contribution in [3.63, 3.8) is 0 Å². The van der Waals surface area contributed by atoms with Crippen LogP contribution in [0.25, 0.3) is 0 Å². The van der Waals surface area contributed by atoms with Crippen LogP contribution in [0.1, 0.15) is 29.6 Å². The number of halogens is 3. The van der Waals surface area contributed by atoms with Gasteiger partial charge in [-0.3, -0.25) is 9.78 Å². The first kappa shape index (κ1) is 17.1. The summed E-state index contributed by atoms with van der Waals surface area (Å²) in [6, 6.07) is 2.19. The molecule has 7 heteroatoms. The zero-order valence-corrected chi connectivity index (χ0v) is 12.6. The van der Waals surface area contributed by atoms with Gasteiger partial charge in [-0.15, -0.1) is 24.8 Å². The number of likely N-dealkylation sites (tertiary alicyclic amines) is 1. The Bertz CT molecular complexity index is 475. The molecule has 1 aromatic heterocycles. The minimum Gasteiger partial charge on any atom is -0.337 e. The number of rotatable bonds is 1. The summed E-state index contributed by atoms with van der Waals surface area (Å²) in [5.41, 5.74) is 0.341. The van der Waals surface area contributed by atoms with Gasteiger partial charge in [0.2, 0.25) is 0 Å². The van der Waals surface area contributed by atoms with E-state index in [-0.39, 0.29) is 30.7 Å². The molecule has 20 heavy (non-hydrogen) atoms. The maximum atomic E-state index is 13.1. The Morgan fingerprint density at radius 1 is 1.25 bits per heavy atom. The van der Waals surface area contributed by atoms with Gasteiger partial charge in [-0.05, 0) is 25.3 Å². The van der Waals surface area contributed by atoms with Crippen molar-refractivity contribution in [2.45, 2.75) is 31.3 Å². The van der Waals surface area contributed by atoms with Gasteiger partial charge in [-0.1, -0.05) is 0 Å². The van der Waals surface area contributed by atoms with Crippen LogP contribution in [0.2, 0.25) is 0 Å². The van der Waals surface area contributed by atoms with Gasteiger partial charge in [0.05, 0.1) is 11.8 Å². The first-order valence-corrected chi connectivity index (χ1v) is 6.38. The lowest BCUT2D eigenvalue weighted by atomic mass is 10.1. The molecule has 0 spiro atoms. The molecule has 112 valence electrons. The number of nitrogens with zero attached hydrogens (tertiary/aromatic N) is 2. The molecule has 3 heterocycles. The molecule has 2 fully saturated rings. The zero-order chi connectivity index (χ0) is 12.5. The molecule has 2 aliphatic heterocycles. The minimum absolute atomic E-state index is 0. The summed E-state index contributed by atoms with van der Waals surface area (Å²) in [6.07, 6.45) is 5.85. The van der Waals surface area contributed by atoms with E-state index in [4.69, 9.17) is 0 Å². The third-order valence-electron chi connectivity index (χ3n) is 3.76. The van der Waals surface area contributed by atoms with E-state index in [1.165, 1.54) is 18.7 Å². The number of amides is 1. The molecular formula is C13H18Cl2FN3O. The third-order valence-corrected chi connectivity index (χ3v) is 3.76. The van der Waals surface area contributed by atoms with Gasteiger partial charge in [0.25, 0.3) is 5.91 Å². The Hall–Kier alpha value is -0.910. The van der Waals surface area contributed by atoms with E-state index >= 15 is 0 Å². The molecule has 0 aliphatic carbocycles. The van der Waals surface area contributed by atoms with E-state index in [2.05, 4.69) is 10.3 Å². The van der Waals surface area contributed by atoms with Crippen LogP contribution >= 0.6 is 24.8 Å². The van der Waals surface area contributed by atoms with Crippen molar-refractivity contribution in [1.29, 1.82) is 0 Å². The second kappa shape index (κ2) is 7.20. The highest BCUT2D eigenvalue weighted by Gasteiger charge is 2.31.